The molecule has 5 heteroatoms. The van der Waals surface area contributed by atoms with Gasteiger partial charge in [-0.25, -0.2) is 0 Å². The summed E-state index contributed by atoms with van der Waals surface area (Å²) in [5.74, 6) is -0.204. The fourth-order valence-corrected chi connectivity index (χ4v) is 2.65. The van der Waals surface area contributed by atoms with Gasteiger partial charge < -0.3 is 10.7 Å². The molecule has 1 aromatic heterocycles. The Hall–Kier alpha value is -1.97. The van der Waals surface area contributed by atoms with E-state index in [1.54, 1.807) is 30.5 Å². The number of nitrogens with one attached hydrogen (secondary N) is 1. The molecule has 0 aliphatic heterocycles. The lowest BCUT2D eigenvalue weighted by Crippen LogP contribution is -2.05. The first kappa shape index (κ1) is 13.0. The number of hydrogen-bond donors (Lipinski definition) is 2. The van der Waals surface area contributed by atoms with Crippen molar-refractivity contribution in [1.29, 1.82) is 0 Å². The van der Waals surface area contributed by atoms with Crippen molar-refractivity contribution in [3.8, 4) is 0 Å². The van der Waals surface area contributed by atoms with Crippen LogP contribution in [0.25, 0.3) is 10.9 Å². The number of carbonyl (C=O) groups is 1. The first-order valence-electron chi connectivity index (χ1n) is 5.94. The van der Waals surface area contributed by atoms with E-state index in [1.807, 2.05) is 12.1 Å². The van der Waals surface area contributed by atoms with Crippen molar-refractivity contribution in [3.63, 3.8) is 0 Å². The van der Waals surface area contributed by atoms with Gasteiger partial charge >= 0.3 is 0 Å². The monoisotopic (exact) mass is 304 g/mol. The second-order valence-electron chi connectivity index (χ2n) is 4.39. The highest BCUT2D eigenvalue weighted by atomic mass is 35.5. The SMILES string of the molecule is Nc1c(Cl)cccc1C(=O)c1c[nH]c2cccc(Cl)c12. The van der Waals surface area contributed by atoms with Crippen LogP contribution >= 0.6 is 23.2 Å². The van der Waals surface area contributed by atoms with Crippen LogP contribution in [0.5, 0.6) is 0 Å². The van der Waals surface area contributed by atoms with E-state index in [0.717, 1.165) is 5.52 Å². The molecule has 0 unspecified atom stereocenters. The molecule has 0 bridgehead atoms. The van der Waals surface area contributed by atoms with Crippen LogP contribution in [0.1, 0.15) is 15.9 Å². The van der Waals surface area contributed by atoms with Gasteiger partial charge in [-0.2, -0.15) is 0 Å². The molecule has 0 aliphatic carbocycles. The third-order valence-electron chi connectivity index (χ3n) is 3.20. The van der Waals surface area contributed by atoms with Crippen LogP contribution in [0.4, 0.5) is 5.69 Å². The number of nitrogens with two attached hydrogens (primary N) is 1. The summed E-state index contributed by atoms with van der Waals surface area (Å²) in [5, 5.41) is 1.58. The van der Waals surface area contributed by atoms with E-state index in [1.165, 1.54) is 0 Å². The summed E-state index contributed by atoms with van der Waals surface area (Å²) in [5.41, 5.74) is 7.82. The molecule has 0 atom stereocenters. The molecule has 2 aromatic carbocycles. The minimum atomic E-state index is -0.204. The van der Waals surface area contributed by atoms with Gasteiger partial charge in [0.15, 0.2) is 5.78 Å². The van der Waals surface area contributed by atoms with Crippen molar-refractivity contribution >= 4 is 45.6 Å². The normalized spacial score (nSPS) is 10.9. The van der Waals surface area contributed by atoms with E-state index >= 15 is 0 Å². The predicted molar refractivity (Wildman–Crippen MR) is 82.6 cm³/mol. The lowest BCUT2D eigenvalue weighted by molar-refractivity contribution is 0.104. The van der Waals surface area contributed by atoms with Crippen molar-refractivity contribution in [2.24, 2.45) is 0 Å². The minimum absolute atomic E-state index is 0.204. The van der Waals surface area contributed by atoms with Crippen LogP contribution in [-0.4, -0.2) is 10.8 Å². The van der Waals surface area contributed by atoms with Gasteiger partial charge in [-0.1, -0.05) is 35.3 Å². The van der Waals surface area contributed by atoms with Crippen LogP contribution in [0.2, 0.25) is 10.0 Å². The largest absolute Gasteiger partial charge is 0.397 e. The summed E-state index contributed by atoms with van der Waals surface area (Å²) in [6, 6.07) is 10.4. The Morgan fingerprint density at radius 3 is 2.50 bits per heavy atom. The number of fused-ring (bicyclic) bond motifs is 1. The molecular weight excluding hydrogens is 295 g/mol. The summed E-state index contributed by atoms with van der Waals surface area (Å²) in [7, 11) is 0. The lowest BCUT2D eigenvalue weighted by atomic mass is 10.0. The number of halogens is 2. The van der Waals surface area contributed by atoms with Gasteiger partial charge in [0.2, 0.25) is 0 Å². The van der Waals surface area contributed by atoms with Crippen molar-refractivity contribution in [2.75, 3.05) is 5.73 Å². The van der Waals surface area contributed by atoms with Gasteiger partial charge in [-0.05, 0) is 24.3 Å². The Kier molecular flexibility index (Phi) is 3.16. The van der Waals surface area contributed by atoms with Crippen LogP contribution in [-0.2, 0) is 0 Å². The fraction of sp³-hybridized carbons (Fsp3) is 0. The van der Waals surface area contributed by atoms with Crippen LogP contribution in [0.3, 0.4) is 0 Å². The minimum Gasteiger partial charge on any atom is -0.397 e. The second kappa shape index (κ2) is 4.85. The number of para-hydroxylation sites is 1. The number of anilines is 1. The van der Waals surface area contributed by atoms with E-state index in [0.29, 0.717) is 26.6 Å². The smallest absolute Gasteiger partial charge is 0.197 e. The van der Waals surface area contributed by atoms with Crippen molar-refractivity contribution in [2.45, 2.75) is 0 Å². The standard InChI is InChI=1S/C15H10Cl2N2O/c16-10-4-2-6-12-13(10)9(7-19-12)15(20)8-3-1-5-11(17)14(8)18/h1-7,19H,18H2. The fourth-order valence-electron chi connectivity index (χ4n) is 2.20. The zero-order chi connectivity index (χ0) is 14.3. The molecule has 0 saturated heterocycles. The highest BCUT2D eigenvalue weighted by molar-refractivity contribution is 6.38. The number of carbonyl (C=O) groups excluding carboxylic acids is 1. The molecule has 20 heavy (non-hydrogen) atoms. The molecule has 3 N–H and O–H groups in total. The Balaban J connectivity index is 2.21. The Morgan fingerprint density at radius 1 is 1.00 bits per heavy atom. The molecule has 3 nitrogen and oxygen atoms in total. The van der Waals surface area contributed by atoms with Crippen molar-refractivity contribution < 1.29 is 4.79 Å². The lowest BCUT2D eigenvalue weighted by Gasteiger charge is -2.06. The first-order chi connectivity index (χ1) is 9.59. The molecule has 1 heterocycles. The van der Waals surface area contributed by atoms with E-state index in [2.05, 4.69) is 4.98 Å². The van der Waals surface area contributed by atoms with Gasteiger partial charge in [0.05, 0.1) is 15.7 Å². The summed E-state index contributed by atoms with van der Waals surface area (Å²) >= 11 is 12.1. The molecule has 0 spiro atoms. The van der Waals surface area contributed by atoms with Gasteiger partial charge in [0.25, 0.3) is 0 Å². The molecule has 0 amide bonds. The third-order valence-corrected chi connectivity index (χ3v) is 3.84. The second-order valence-corrected chi connectivity index (χ2v) is 5.21. The van der Waals surface area contributed by atoms with E-state index in [-0.39, 0.29) is 11.5 Å². The Bertz CT molecular complexity index is 824. The molecule has 3 rings (SSSR count). The summed E-state index contributed by atoms with van der Waals surface area (Å²) < 4.78 is 0. The third kappa shape index (κ3) is 1.96. The van der Waals surface area contributed by atoms with Crippen LogP contribution in [0, 0.1) is 0 Å². The van der Waals surface area contributed by atoms with Crippen LogP contribution in [0.15, 0.2) is 42.6 Å². The highest BCUT2D eigenvalue weighted by Gasteiger charge is 2.19. The predicted octanol–water partition coefficient (Wildman–Crippen LogP) is 4.29. The number of H-pyrrole nitrogens is 1. The van der Waals surface area contributed by atoms with E-state index in [9.17, 15) is 4.79 Å². The zero-order valence-electron chi connectivity index (χ0n) is 10.3. The Labute approximate surface area is 125 Å². The van der Waals surface area contributed by atoms with Gasteiger partial charge in [0.1, 0.15) is 0 Å². The topological polar surface area (TPSA) is 58.9 Å². The number of aromatic amines is 1. The number of hydrogen-bond acceptors (Lipinski definition) is 2. The highest BCUT2D eigenvalue weighted by Crippen LogP contribution is 2.30. The van der Waals surface area contributed by atoms with Crippen molar-refractivity contribution in [1.82, 2.24) is 4.98 Å². The van der Waals surface area contributed by atoms with Gasteiger partial charge in [0, 0.05) is 28.2 Å². The number of benzene rings is 2. The van der Waals surface area contributed by atoms with E-state index < -0.39 is 0 Å². The van der Waals surface area contributed by atoms with Crippen LogP contribution < -0.4 is 5.73 Å². The summed E-state index contributed by atoms with van der Waals surface area (Å²) in [4.78, 5) is 15.7. The molecular formula is C15H10Cl2N2O. The number of aromatic nitrogens is 1. The summed E-state index contributed by atoms with van der Waals surface area (Å²) in [6.45, 7) is 0. The molecule has 0 fully saturated rings. The molecule has 0 aliphatic rings. The molecule has 0 saturated carbocycles. The first-order valence-corrected chi connectivity index (χ1v) is 6.69. The quantitative estimate of drug-likeness (QED) is 0.548. The maximum atomic E-state index is 12.6. The van der Waals surface area contributed by atoms with Gasteiger partial charge in [-0.3, -0.25) is 4.79 Å². The maximum absolute atomic E-state index is 12.6. The number of rotatable bonds is 2. The zero-order valence-corrected chi connectivity index (χ0v) is 11.8. The number of nitrogen functional groups attached to an aromatic ring is 1. The van der Waals surface area contributed by atoms with E-state index in [4.69, 9.17) is 28.9 Å². The average Bonchev–Trinajstić information content (AvgIpc) is 2.86. The Morgan fingerprint density at radius 2 is 1.70 bits per heavy atom. The number of ketones is 1. The van der Waals surface area contributed by atoms with Gasteiger partial charge in [-0.15, -0.1) is 0 Å². The molecule has 0 radical (unpaired) electrons. The molecule has 3 aromatic rings. The maximum Gasteiger partial charge on any atom is 0.197 e. The summed E-state index contributed by atoms with van der Waals surface area (Å²) in [6.07, 6.45) is 1.64. The average molecular weight is 305 g/mol. The van der Waals surface area contributed by atoms with Crippen molar-refractivity contribution in [3.05, 3.63) is 63.8 Å². The molecule has 100 valence electrons.